The third-order valence-corrected chi connectivity index (χ3v) is 3.91. The van der Waals surface area contributed by atoms with Crippen molar-refractivity contribution in [1.29, 1.82) is 0 Å². The molecule has 1 saturated carbocycles. The van der Waals surface area contributed by atoms with Crippen LogP contribution < -0.4 is 0 Å². The van der Waals surface area contributed by atoms with Crippen molar-refractivity contribution in [3.05, 3.63) is 34.9 Å². The van der Waals surface area contributed by atoms with E-state index in [1.165, 1.54) is 11.1 Å². The maximum atomic E-state index is 10.6. The molecule has 1 aromatic carbocycles. The van der Waals surface area contributed by atoms with Crippen molar-refractivity contribution in [3.8, 4) is 0 Å². The SMILES string of the molecule is COC1(C(O)c2cc(C)cc(C)c2)CCCC1. The van der Waals surface area contributed by atoms with Crippen LogP contribution in [0.1, 0.15) is 48.5 Å². The van der Waals surface area contributed by atoms with Crippen molar-refractivity contribution >= 4 is 0 Å². The molecule has 1 N–H and O–H groups in total. The number of rotatable bonds is 3. The zero-order valence-electron chi connectivity index (χ0n) is 11.0. The average Bonchev–Trinajstić information content (AvgIpc) is 2.76. The topological polar surface area (TPSA) is 29.5 Å². The number of aliphatic hydroxyl groups is 1. The number of aliphatic hydroxyl groups excluding tert-OH is 1. The van der Waals surface area contributed by atoms with E-state index in [9.17, 15) is 5.11 Å². The van der Waals surface area contributed by atoms with Gasteiger partial charge in [0.05, 0.1) is 5.60 Å². The quantitative estimate of drug-likeness (QED) is 0.869. The van der Waals surface area contributed by atoms with Crippen molar-refractivity contribution in [2.75, 3.05) is 7.11 Å². The molecule has 0 bridgehead atoms. The maximum Gasteiger partial charge on any atom is 0.108 e. The molecule has 2 heteroatoms. The van der Waals surface area contributed by atoms with Crippen LogP contribution in [0.3, 0.4) is 0 Å². The van der Waals surface area contributed by atoms with Gasteiger partial charge in [-0.25, -0.2) is 0 Å². The smallest absolute Gasteiger partial charge is 0.108 e. The van der Waals surface area contributed by atoms with E-state index in [2.05, 4.69) is 32.0 Å². The molecule has 0 radical (unpaired) electrons. The molecule has 1 atom stereocenters. The van der Waals surface area contributed by atoms with Crippen molar-refractivity contribution in [1.82, 2.24) is 0 Å². The Labute approximate surface area is 104 Å². The molecule has 0 aromatic heterocycles. The Balaban J connectivity index is 2.32. The summed E-state index contributed by atoms with van der Waals surface area (Å²) in [4.78, 5) is 0. The predicted octanol–water partition coefficient (Wildman–Crippen LogP) is 3.30. The van der Waals surface area contributed by atoms with Crippen LogP contribution in [0.25, 0.3) is 0 Å². The first-order valence-corrected chi connectivity index (χ1v) is 6.39. The highest BCUT2D eigenvalue weighted by Gasteiger charge is 2.41. The summed E-state index contributed by atoms with van der Waals surface area (Å²) in [6.45, 7) is 4.13. The molecule has 1 unspecified atom stereocenters. The normalized spacial score (nSPS) is 20.5. The number of benzene rings is 1. The molecule has 1 aliphatic rings. The van der Waals surface area contributed by atoms with Crippen molar-refractivity contribution in [3.63, 3.8) is 0 Å². The van der Waals surface area contributed by atoms with Gasteiger partial charge < -0.3 is 9.84 Å². The van der Waals surface area contributed by atoms with Gasteiger partial charge in [-0.1, -0.05) is 42.2 Å². The first kappa shape index (κ1) is 12.6. The zero-order valence-corrected chi connectivity index (χ0v) is 11.0. The zero-order chi connectivity index (χ0) is 12.5. The van der Waals surface area contributed by atoms with E-state index in [-0.39, 0.29) is 5.60 Å². The minimum absolute atomic E-state index is 0.361. The van der Waals surface area contributed by atoms with E-state index in [0.717, 1.165) is 31.2 Å². The van der Waals surface area contributed by atoms with Crippen molar-refractivity contribution in [2.45, 2.75) is 51.2 Å². The molecule has 1 aromatic rings. The largest absolute Gasteiger partial charge is 0.385 e. The predicted molar refractivity (Wildman–Crippen MR) is 69.1 cm³/mol. The molecule has 17 heavy (non-hydrogen) atoms. The third-order valence-electron chi connectivity index (χ3n) is 3.91. The average molecular weight is 234 g/mol. The fourth-order valence-corrected chi connectivity index (χ4v) is 3.03. The first-order chi connectivity index (χ1) is 8.07. The van der Waals surface area contributed by atoms with Crippen LogP contribution in [0.4, 0.5) is 0 Å². The molecule has 1 fully saturated rings. The second kappa shape index (κ2) is 4.79. The van der Waals surface area contributed by atoms with Gasteiger partial charge in [-0.15, -0.1) is 0 Å². The molecule has 2 rings (SSSR count). The van der Waals surface area contributed by atoms with E-state index < -0.39 is 6.10 Å². The van der Waals surface area contributed by atoms with Gasteiger partial charge in [0.1, 0.15) is 6.10 Å². The Morgan fingerprint density at radius 1 is 1.12 bits per heavy atom. The minimum atomic E-state index is -0.506. The summed E-state index contributed by atoms with van der Waals surface area (Å²) in [6, 6.07) is 6.26. The van der Waals surface area contributed by atoms with Gasteiger partial charge in [0.25, 0.3) is 0 Å². The summed E-state index contributed by atoms with van der Waals surface area (Å²) >= 11 is 0. The second-order valence-electron chi connectivity index (χ2n) is 5.30. The van der Waals surface area contributed by atoms with Gasteiger partial charge in [-0.2, -0.15) is 0 Å². The Morgan fingerprint density at radius 3 is 2.12 bits per heavy atom. The summed E-state index contributed by atoms with van der Waals surface area (Å²) in [5.41, 5.74) is 3.03. The van der Waals surface area contributed by atoms with E-state index >= 15 is 0 Å². The van der Waals surface area contributed by atoms with Gasteiger partial charge in [0.15, 0.2) is 0 Å². The van der Waals surface area contributed by atoms with Gasteiger partial charge in [-0.05, 0) is 32.3 Å². The molecule has 0 spiro atoms. The van der Waals surface area contributed by atoms with Gasteiger partial charge in [0, 0.05) is 7.11 Å². The van der Waals surface area contributed by atoms with E-state index in [0.29, 0.717) is 0 Å². The molecular formula is C15H22O2. The second-order valence-corrected chi connectivity index (χ2v) is 5.30. The van der Waals surface area contributed by atoms with E-state index in [1.54, 1.807) is 7.11 Å². The lowest BCUT2D eigenvalue weighted by Gasteiger charge is -2.33. The molecule has 1 aliphatic carbocycles. The number of aryl methyl sites for hydroxylation is 2. The number of methoxy groups -OCH3 is 1. The first-order valence-electron chi connectivity index (χ1n) is 6.39. The summed E-state index contributed by atoms with van der Waals surface area (Å²) in [6.07, 6.45) is 3.70. The van der Waals surface area contributed by atoms with Crippen LogP contribution in [0.2, 0.25) is 0 Å². The lowest BCUT2D eigenvalue weighted by atomic mass is 9.88. The summed E-state index contributed by atoms with van der Waals surface area (Å²) in [5, 5.41) is 10.6. The highest BCUT2D eigenvalue weighted by molar-refractivity contribution is 5.31. The summed E-state index contributed by atoms with van der Waals surface area (Å²) in [5.74, 6) is 0. The van der Waals surface area contributed by atoms with Crippen LogP contribution in [-0.4, -0.2) is 17.8 Å². The fraction of sp³-hybridized carbons (Fsp3) is 0.600. The molecule has 0 heterocycles. The molecular weight excluding hydrogens is 212 g/mol. The van der Waals surface area contributed by atoms with Gasteiger partial charge >= 0.3 is 0 Å². The maximum absolute atomic E-state index is 10.6. The number of ether oxygens (including phenoxy) is 1. The molecule has 2 nitrogen and oxygen atoms in total. The number of hydrogen-bond donors (Lipinski definition) is 1. The van der Waals surface area contributed by atoms with Gasteiger partial charge in [-0.3, -0.25) is 0 Å². The highest BCUT2D eigenvalue weighted by atomic mass is 16.5. The Kier molecular flexibility index (Phi) is 3.55. The summed E-state index contributed by atoms with van der Waals surface area (Å²) in [7, 11) is 1.72. The lowest BCUT2D eigenvalue weighted by Crippen LogP contribution is -2.35. The lowest BCUT2D eigenvalue weighted by molar-refractivity contribution is -0.100. The van der Waals surface area contributed by atoms with E-state index in [4.69, 9.17) is 4.74 Å². The Hall–Kier alpha value is -0.860. The van der Waals surface area contributed by atoms with Crippen LogP contribution in [0, 0.1) is 13.8 Å². The summed E-state index contributed by atoms with van der Waals surface area (Å²) < 4.78 is 5.64. The Morgan fingerprint density at radius 2 is 1.65 bits per heavy atom. The third kappa shape index (κ3) is 2.38. The highest BCUT2D eigenvalue weighted by Crippen LogP contribution is 2.42. The van der Waals surface area contributed by atoms with Crippen LogP contribution >= 0.6 is 0 Å². The minimum Gasteiger partial charge on any atom is -0.385 e. The van der Waals surface area contributed by atoms with E-state index in [1.807, 2.05) is 0 Å². The van der Waals surface area contributed by atoms with Crippen LogP contribution in [0.15, 0.2) is 18.2 Å². The van der Waals surface area contributed by atoms with Crippen LogP contribution in [0.5, 0.6) is 0 Å². The van der Waals surface area contributed by atoms with Crippen molar-refractivity contribution in [2.24, 2.45) is 0 Å². The molecule has 0 saturated heterocycles. The van der Waals surface area contributed by atoms with Crippen LogP contribution in [-0.2, 0) is 4.74 Å². The Bertz CT molecular complexity index is 372. The van der Waals surface area contributed by atoms with Gasteiger partial charge in [0.2, 0.25) is 0 Å². The molecule has 0 amide bonds. The molecule has 94 valence electrons. The number of hydrogen-bond acceptors (Lipinski definition) is 2. The monoisotopic (exact) mass is 234 g/mol. The fourth-order valence-electron chi connectivity index (χ4n) is 3.03. The molecule has 0 aliphatic heterocycles. The standard InChI is InChI=1S/C15H22O2/c1-11-8-12(2)10-13(9-11)14(16)15(17-3)6-4-5-7-15/h8-10,14,16H,4-7H2,1-3H3. The van der Waals surface area contributed by atoms with Crippen molar-refractivity contribution < 1.29 is 9.84 Å².